The van der Waals surface area contributed by atoms with E-state index >= 15 is 0 Å². The van der Waals surface area contributed by atoms with Crippen LogP contribution in [0.25, 0.3) is 10.6 Å². The van der Waals surface area contributed by atoms with Crippen molar-refractivity contribution in [1.82, 2.24) is 0 Å². The number of aliphatic imine (C=N–C) groups is 2. The summed E-state index contributed by atoms with van der Waals surface area (Å²) in [7, 11) is 0. The van der Waals surface area contributed by atoms with E-state index in [9.17, 15) is 9.59 Å². The number of rotatable bonds is 2. The minimum atomic E-state index is -0.288. The molecule has 0 unspecified atom stereocenters. The molecule has 0 bridgehead atoms. The van der Waals surface area contributed by atoms with E-state index in [-0.39, 0.29) is 32.9 Å². The van der Waals surface area contributed by atoms with E-state index in [2.05, 4.69) is 44.3 Å². The molecule has 4 aromatic rings. The van der Waals surface area contributed by atoms with Crippen LogP contribution in [-0.2, 0) is 30.7 Å². The summed E-state index contributed by atoms with van der Waals surface area (Å²) in [4.78, 5) is 32.6. The van der Waals surface area contributed by atoms with Crippen LogP contribution in [0, 0.1) is 23.7 Å². The van der Waals surface area contributed by atoms with Gasteiger partial charge in [0.05, 0.1) is 22.8 Å². The van der Waals surface area contributed by atoms with Crippen LogP contribution >= 0.6 is 0 Å². The molecule has 0 spiro atoms. The van der Waals surface area contributed by atoms with E-state index < -0.39 is 0 Å². The number of amides is 2. The maximum Gasteiger partial charge on any atom is 2.00 e. The van der Waals surface area contributed by atoms with Crippen LogP contribution in [-0.4, -0.2) is 23.2 Å². The number of fused-ring (bicyclic) bond motifs is 2. The van der Waals surface area contributed by atoms with Crippen molar-refractivity contribution in [1.29, 1.82) is 0 Å². The Bertz CT molecular complexity index is 1660. The van der Waals surface area contributed by atoms with Gasteiger partial charge < -0.3 is 20.2 Å². The topological polar surface area (TPSA) is 87.1 Å². The summed E-state index contributed by atoms with van der Waals surface area (Å²) in [5, 5.41) is 7.97. The third-order valence-corrected chi connectivity index (χ3v) is 5.92. The number of hydrogen-bond acceptors (Lipinski definition) is 4. The zero-order valence-corrected chi connectivity index (χ0v) is 25.2. The first kappa shape index (κ1) is 29.0. The molecule has 2 amide bonds. The quantitative estimate of drug-likeness (QED) is 0.203. The first-order valence-electron chi connectivity index (χ1n) is 12.5. The first-order valence-corrected chi connectivity index (χ1v) is 12.5. The summed E-state index contributed by atoms with van der Waals surface area (Å²) < 4.78 is 0. The maximum absolute atomic E-state index is 11.9. The Morgan fingerprint density at radius 3 is 1.27 bits per heavy atom. The molecule has 2 aliphatic rings. The average molecular weight is 702 g/mol. The minimum absolute atomic E-state index is 0. The third-order valence-electron chi connectivity index (χ3n) is 5.92. The molecule has 41 heavy (non-hydrogen) atoms. The number of para-hydroxylation sites is 2. The van der Waals surface area contributed by atoms with E-state index in [0.29, 0.717) is 22.8 Å². The van der Waals surface area contributed by atoms with Crippen LogP contribution in [0.15, 0.2) is 107 Å². The molecule has 0 aromatic heterocycles. The van der Waals surface area contributed by atoms with Crippen molar-refractivity contribution < 1.29 is 30.7 Å². The number of carbonyl (C=O) groups is 2. The Kier molecular flexibility index (Phi) is 9.43. The standard InChI is InChI=1S/2C17H12N2O.W/c2*1-2-5-12-8-10-13(11-9-12)18-16-14-6-3-4-7-15(14)19-17(16)20;/h2*3-4,6-11H,1H3,(H,18,19,20);/q;;+2/p-2. The zero-order valence-electron chi connectivity index (χ0n) is 22.3. The largest absolute Gasteiger partial charge is 2.00 e. The van der Waals surface area contributed by atoms with Gasteiger partial charge in [-0.25, -0.2) is 9.98 Å². The second-order valence-electron chi connectivity index (χ2n) is 8.63. The van der Waals surface area contributed by atoms with Gasteiger partial charge in [0.1, 0.15) is 11.8 Å². The SMILES string of the molecule is CC#Cc1ccc(N=C2C(=O)[N-]c3ccccc32)cc1.CC#Cc1ccc(N=C2C(=O)[N-]c3ccccc32)cc1.[W+2]. The molecule has 196 valence electrons. The summed E-state index contributed by atoms with van der Waals surface area (Å²) in [6.45, 7) is 3.59. The van der Waals surface area contributed by atoms with E-state index in [4.69, 9.17) is 0 Å². The van der Waals surface area contributed by atoms with Gasteiger partial charge in [-0.05, 0) is 73.5 Å². The molecule has 0 N–H and O–H groups in total. The van der Waals surface area contributed by atoms with Crippen molar-refractivity contribution >= 4 is 46.0 Å². The van der Waals surface area contributed by atoms with Crippen molar-refractivity contribution in [2.45, 2.75) is 13.8 Å². The minimum Gasteiger partial charge on any atom is -0.621 e. The third kappa shape index (κ3) is 6.76. The Morgan fingerprint density at radius 2 is 0.902 bits per heavy atom. The molecule has 7 heteroatoms. The summed E-state index contributed by atoms with van der Waals surface area (Å²) in [5.41, 5.74) is 7.05. The van der Waals surface area contributed by atoms with Crippen molar-refractivity contribution in [3.05, 3.63) is 130 Å². The molecular formula is C34H22N4O2W. The number of nitrogens with zero attached hydrogens (tertiary/aromatic N) is 4. The monoisotopic (exact) mass is 702 g/mol. The van der Waals surface area contributed by atoms with Crippen LogP contribution in [0.3, 0.4) is 0 Å². The molecule has 0 saturated carbocycles. The Hall–Kier alpha value is -5.03. The van der Waals surface area contributed by atoms with E-state index in [1.807, 2.05) is 97.1 Å². The first-order chi connectivity index (χ1) is 19.6. The molecule has 0 aliphatic carbocycles. The van der Waals surface area contributed by atoms with Crippen molar-refractivity contribution in [3.8, 4) is 23.7 Å². The molecule has 0 saturated heterocycles. The second kappa shape index (κ2) is 13.4. The van der Waals surface area contributed by atoms with Gasteiger partial charge in [0.15, 0.2) is 0 Å². The normalized spacial score (nSPS) is 14.1. The summed E-state index contributed by atoms with van der Waals surface area (Å²) in [5.74, 6) is 11.0. The molecule has 0 radical (unpaired) electrons. The van der Waals surface area contributed by atoms with Gasteiger partial charge in [0.2, 0.25) is 0 Å². The fraction of sp³-hybridized carbons (Fsp3) is 0.0588. The van der Waals surface area contributed by atoms with E-state index in [0.717, 1.165) is 33.6 Å². The predicted octanol–water partition coefficient (Wildman–Crippen LogP) is 7.45. The molecule has 4 aromatic carbocycles. The Morgan fingerprint density at radius 1 is 0.537 bits per heavy atom. The van der Waals surface area contributed by atoms with Gasteiger partial charge in [-0.1, -0.05) is 60.4 Å². The van der Waals surface area contributed by atoms with Gasteiger partial charge in [0.25, 0.3) is 0 Å². The molecule has 0 atom stereocenters. The smallest absolute Gasteiger partial charge is 0.621 e. The zero-order chi connectivity index (χ0) is 27.9. The number of benzene rings is 4. The molecule has 0 fully saturated rings. The Labute approximate surface area is 253 Å². The van der Waals surface area contributed by atoms with Crippen LogP contribution in [0.4, 0.5) is 22.7 Å². The molecule has 6 nitrogen and oxygen atoms in total. The molecular weight excluding hydrogens is 680 g/mol. The second-order valence-corrected chi connectivity index (χ2v) is 8.63. The predicted molar refractivity (Wildman–Crippen MR) is 159 cm³/mol. The fourth-order valence-electron chi connectivity index (χ4n) is 4.10. The van der Waals surface area contributed by atoms with Gasteiger partial charge in [0, 0.05) is 11.1 Å². The average Bonchev–Trinajstić information content (AvgIpc) is 3.46. The van der Waals surface area contributed by atoms with E-state index in [1.54, 1.807) is 13.8 Å². The molecule has 2 aliphatic heterocycles. The summed E-state index contributed by atoms with van der Waals surface area (Å²) in [6.07, 6.45) is 0. The van der Waals surface area contributed by atoms with Gasteiger partial charge in [-0.2, -0.15) is 0 Å². The van der Waals surface area contributed by atoms with Crippen molar-refractivity contribution in [2.24, 2.45) is 9.98 Å². The van der Waals surface area contributed by atoms with Crippen LogP contribution in [0.2, 0.25) is 0 Å². The van der Waals surface area contributed by atoms with Gasteiger partial charge in [-0.15, -0.1) is 23.2 Å². The van der Waals surface area contributed by atoms with Crippen LogP contribution in [0.1, 0.15) is 36.1 Å². The van der Waals surface area contributed by atoms with Crippen molar-refractivity contribution in [2.75, 3.05) is 0 Å². The maximum atomic E-state index is 11.9. The van der Waals surface area contributed by atoms with E-state index in [1.165, 1.54) is 0 Å². The van der Waals surface area contributed by atoms with Crippen LogP contribution < -0.4 is 0 Å². The summed E-state index contributed by atoms with van der Waals surface area (Å²) >= 11 is 0. The summed E-state index contributed by atoms with van der Waals surface area (Å²) in [6, 6.07) is 29.8. The van der Waals surface area contributed by atoms with Gasteiger partial charge >= 0.3 is 21.1 Å². The molecule has 6 rings (SSSR count). The fourth-order valence-corrected chi connectivity index (χ4v) is 4.10. The number of hydrogen-bond donors (Lipinski definition) is 0. The van der Waals surface area contributed by atoms with Crippen LogP contribution in [0.5, 0.6) is 0 Å². The van der Waals surface area contributed by atoms with Gasteiger partial charge in [-0.3, -0.25) is 0 Å². The molecule has 2 heterocycles. The Balaban J connectivity index is 0.000000184. The van der Waals surface area contributed by atoms with Crippen molar-refractivity contribution in [3.63, 3.8) is 0 Å². The number of carbonyl (C=O) groups excluding carboxylic acids is 2.